The molecule has 0 heterocycles. The number of benzene rings is 4. The number of para-hydroxylation sites is 2. The average Bonchev–Trinajstić information content (AvgIpc) is 3.04. The molecule has 1 aliphatic rings. The van der Waals surface area contributed by atoms with Gasteiger partial charge in [-0.1, -0.05) is 84.9 Å². The molecule has 0 spiro atoms. The first-order chi connectivity index (χ1) is 14.1. The van der Waals surface area contributed by atoms with Crippen LogP contribution in [0.3, 0.4) is 0 Å². The van der Waals surface area contributed by atoms with Crippen LogP contribution in [0.1, 0.15) is 33.4 Å². The van der Waals surface area contributed by atoms with Gasteiger partial charge >= 0.3 is 0 Å². The lowest BCUT2D eigenvalue weighted by molar-refractivity contribution is 0.772. The van der Waals surface area contributed by atoms with E-state index >= 15 is 0 Å². The number of nitrogens with two attached hydrogens (primary N) is 2. The van der Waals surface area contributed by atoms with Gasteiger partial charge in [-0.2, -0.15) is 0 Å². The summed E-state index contributed by atoms with van der Waals surface area (Å²) >= 11 is 0. The molecule has 4 N–H and O–H groups in total. The molecular weight excluding hydrogens is 352 g/mol. The number of aryl methyl sites for hydroxylation is 2. The number of anilines is 2. The Balaban J connectivity index is 2.04. The van der Waals surface area contributed by atoms with Crippen molar-refractivity contribution in [2.24, 2.45) is 0 Å². The Bertz CT molecular complexity index is 1150. The van der Waals surface area contributed by atoms with E-state index in [4.69, 9.17) is 11.5 Å². The van der Waals surface area contributed by atoms with Gasteiger partial charge in [0.25, 0.3) is 0 Å². The van der Waals surface area contributed by atoms with Crippen molar-refractivity contribution in [3.63, 3.8) is 0 Å². The number of fused-ring (bicyclic) bond motifs is 3. The maximum atomic E-state index is 6.75. The summed E-state index contributed by atoms with van der Waals surface area (Å²) in [5, 5.41) is 0. The molecule has 0 aromatic heterocycles. The Morgan fingerprint density at radius 3 is 1.31 bits per heavy atom. The first-order valence-corrected chi connectivity index (χ1v) is 9.97. The SMILES string of the molecule is Cc1cccc(C2(c3cccc(C)c3N)c3ccccc3-c3ccccc32)c1N. The quantitative estimate of drug-likeness (QED) is 0.381. The molecule has 0 fully saturated rings. The molecule has 5 rings (SSSR count). The lowest BCUT2D eigenvalue weighted by Gasteiger charge is -2.36. The first kappa shape index (κ1) is 17.6. The van der Waals surface area contributed by atoms with Gasteiger partial charge in [-0.3, -0.25) is 0 Å². The molecule has 0 saturated heterocycles. The van der Waals surface area contributed by atoms with Crippen molar-refractivity contribution < 1.29 is 0 Å². The fourth-order valence-electron chi connectivity index (χ4n) is 4.98. The third kappa shape index (κ3) is 2.23. The zero-order valence-electron chi connectivity index (χ0n) is 16.7. The van der Waals surface area contributed by atoms with Gasteiger partial charge < -0.3 is 11.5 Å². The minimum atomic E-state index is -0.542. The normalized spacial score (nSPS) is 13.7. The molecule has 0 bridgehead atoms. The first-order valence-electron chi connectivity index (χ1n) is 9.97. The molecule has 0 atom stereocenters. The number of hydrogen-bond donors (Lipinski definition) is 2. The summed E-state index contributed by atoms with van der Waals surface area (Å²) in [5.41, 5.74) is 23.9. The third-order valence-corrected chi connectivity index (χ3v) is 6.41. The van der Waals surface area contributed by atoms with Crippen molar-refractivity contribution in [2.75, 3.05) is 11.5 Å². The maximum absolute atomic E-state index is 6.75. The topological polar surface area (TPSA) is 52.0 Å². The Labute approximate surface area is 171 Å². The third-order valence-electron chi connectivity index (χ3n) is 6.41. The van der Waals surface area contributed by atoms with Gasteiger partial charge in [-0.25, -0.2) is 0 Å². The minimum absolute atomic E-state index is 0.542. The highest BCUT2D eigenvalue weighted by Crippen LogP contribution is 2.58. The minimum Gasteiger partial charge on any atom is -0.398 e. The Morgan fingerprint density at radius 1 is 0.483 bits per heavy atom. The summed E-state index contributed by atoms with van der Waals surface area (Å²) in [4.78, 5) is 0. The van der Waals surface area contributed by atoms with Crippen molar-refractivity contribution in [1.29, 1.82) is 0 Å². The highest BCUT2D eigenvalue weighted by Gasteiger charge is 2.48. The molecule has 142 valence electrons. The van der Waals surface area contributed by atoms with Crippen LogP contribution in [0.4, 0.5) is 11.4 Å². The van der Waals surface area contributed by atoms with Crippen molar-refractivity contribution in [3.05, 3.63) is 118 Å². The van der Waals surface area contributed by atoms with E-state index in [1.165, 1.54) is 22.3 Å². The van der Waals surface area contributed by atoms with E-state index in [0.29, 0.717) is 0 Å². The van der Waals surface area contributed by atoms with E-state index in [2.05, 4.69) is 98.8 Å². The molecular formula is C27H24N2. The molecule has 4 aromatic rings. The molecule has 0 amide bonds. The lowest BCUT2D eigenvalue weighted by Crippen LogP contribution is -2.31. The van der Waals surface area contributed by atoms with Gasteiger partial charge in [0.05, 0.1) is 5.41 Å². The Kier molecular flexibility index (Phi) is 3.78. The molecule has 0 unspecified atom stereocenters. The van der Waals surface area contributed by atoms with Crippen LogP contribution in [-0.4, -0.2) is 0 Å². The summed E-state index contributed by atoms with van der Waals surface area (Å²) in [6.45, 7) is 4.14. The molecule has 4 aromatic carbocycles. The molecule has 29 heavy (non-hydrogen) atoms. The summed E-state index contributed by atoms with van der Waals surface area (Å²) in [7, 11) is 0. The summed E-state index contributed by atoms with van der Waals surface area (Å²) < 4.78 is 0. The monoisotopic (exact) mass is 376 g/mol. The van der Waals surface area contributed by atoms with Crippen molar-refractivity contribution in [3.8, 4) is 11.1 Å². The second-order valence-corrected chi connectivity index (χ2v) is 7.91. The van der Waals surface area contributed by atoms with Gasteiger partial charge in [0, 0.05) is 11.4 Å². The van der Waals surface area contributed by atoms with E-state index in [0.717, 1.165) is 33.6 Å². The predicted molar refractivity (Wildman–Crippen MR) is 122 cm³/mol. The molecule has 0 aliphatic heterocycles. The maximum Gasteiger partial charge on any atom is 0.0753 e. The van der Waals surface area contributed by atoms with Crippen molar-refractivity contribution >= 4 is 11.4 Å². The average molecular weight is 377 g/mol. The van der Waals surface area contributed by atoms with E-state index in [1.807, 2.05) is 0 Å². The lowest BCUT2D eigenvalue weighted by atomic mass is 9.66. The summed E-state index contributed by atoms with van der Waals surface area (Å²) in [6, 6.07) is 29.9. The zero-order chi connectivity index (χ0) is 20.2. The fraction of sp³-hybridized carbons (Fsp3) is 0.111. The fourth-order valence-corrected chi connectivity index (χ4v) is 4.98. The smallest absolute Gasteiger partial charge is 0.0753 e. The van der Waals surface area contributed by atoms with Crippen LogP contribution in [0.2, 0.25) is 0 Å². The van der Waals surface area contributed by atoms with Crippen LogP contribution in [0.15, 0.2) is 84.9 Å². The van der Waals surface area contributed by atoms with E-state index in [-0.39, 0.29) is 0 Å². The second-order valence-electron chi connectivity index (χ2n) is 7.91. The van der Waals surface area contributed by atoms with Crippen molar-refractivity contribution in [1.82, 2.24) is 0 Å². The highest BCUT2D eigenvalue weighted by molar-refractivity contribution is 5.89. The Hall–Kier alpha value is -3.52. The van der Waals surface area contributed by atoms with Gasteiger partial charge in [0.15, 0.2) is 0 Å². The van der Waals surface area contributed by atoms with Crippen LogP contribution in [-0.2, 0) is 5.41 Å². The van der Waals surface area contributed by atoms with Crippen LogP contribution in [0, 0.1) is 13.8 Å². The molecule has 0 saturated carbocycles. The number of hydrogen-bond acceptors (Lipinski definition) is 2. The van der Waals surface area contributed by atoms with Gasteiger partial charge in [0.2, 0.25) is 0 Å². The highest BCUT2D eigenvalue weighted by atomic mass is 14.6. The van der Waals surface area contributed by atoms with Crippen LogP contribution >= 0.6 is 0 Å². The summed E-state index contributed by atoms with van der Waals surface area (Å²) in [5.74, 6) is 0. The van der Waals surface area contributed by atoms with Crippen molar-refractivity contribution in [2.45, 2.75) is 19.3 Å². The van der Waals surface area contributed by atoms with E-state index in [1.54, 1.807) is 0 Å². The van der Waals surface area contributed by atoms with Crippen LogP contribution in [0.25, 0.3) is 11.1 Å². The Morgan fingerprint density at radius 2 is 0.862 bits per heavy atom. The standard InChI is InChI=1S/C27H24N2/c1-17-9-7-15-23(25(17)28)27(24-16-8-10-18(2)26(24)29)21-13-5-3-11-19(21)20-12-4-6-14-22(20)27/h3-16H,28-29H2,1-2H3. The number of nitrogen functional groups attached to an aromatic ring is 2. The molecule has 2 nitrogen and oxygen atoms in total. The predicted octanol–water partition coefficient (Wildman–Crippen LogP) is 5.83. The number of rotatable bonds is 2. The van der Waals surface area contributed by atoms with E-state index in [9.17, 15) is 0 Å². The molecule has 0 radical (unpaired) electrons. The molecule has 1 aliphatic carbocycles. The van der Waals surface area contributed by atoms with E-state index < -0.39 is 5.41 Å². The zero-order valence-corrected chi connectivity index (χ0v) is 16.7. The molecule has 2 heteroatoms. The second kappa shape index (κ2) is 6.25. The largest absolute Gasteiger partial charge is 0.398 e. The summed E-state index contributed by atoms with van der Waals surface area (Å²) in [6.07, 6.45) is 0. The van der Waals surface area contributed by atoms with Gasteiger partial charge in [-0.05, 0) is 58.4 Å². The van der Waals surface area contributed by atoms with Crippen LogP contribution in [0.5, 0.6) is 0 Å². The van der Waals surface area contributed by atoms with Gasteiger partial charge in [-0.15, -0.1) is 0 Å². The van der Waals surface area contributed by atoms with Crippen LogP contribution < -0.4 is 11.5 Å². The van der Waals surface area contributed by atoms with Gasteiger partial charge in [0.1, 0.15) is 0 Å².